The molecule has 22 heavy (non-hydrogen) atoms. The maximum absolute atomic E-state index is 12.4. The summed E-state index contributed by atoms with van der Waals surface area (Å²) in [6, 6.07) is 6.05. The van der Waals surface area contributed by atoms with Crippen LogP contribution in [0.15, 0.2) is 18.2 Å². The minimum atomic E-state index is -0.141. The summed E-state index contributed by atoms with van der Waals surface area (Å²) >= 11 is 0. The quantitative estimate of drug-likeness (QED) is 0.935. The summed E-state index contributed by atoms with van der Waals surface area (Å²) < 4.78 is 1.93. The second-order valence-electron chi connectivity index (χ2n) is 6.19. The number of amides is 1. The van der Waals surface area contributed by atoms with E-state index in [0.717, 1.165) is 22.6 Å². The molecule has 2 aromatic rings. The van der Waals surface area contributed by atoms with Gasteiger partial charge in [-0.2, -0.15) is 5.10 Å². The molecule has 4 heteroatoms. The summed E-state index contributed by atoms with van der Waals surface area (Å²) in [5, 5.41) is 7.52. The van der Waals surface area contributed by atoms with Crippen LogP contribution in [-0.2, 0) is 11.3 Å². The smallest absolute Gasteiger partial charge is 0.229 e. The van der Waals surface area contributed by atoms with Crippen LogP contribution < -0.4 is 5.32 Å². The third-order valence-electron chi connectivity index (χ3n) is 4.28. The van der Waals surface area contributed by atoms with E-state index in [4.69, 9.17) is 0 Å². The zero-order valence-corrected chi connectivity index (χ0v) is 14.3. The molecule has 0 saturated carbocycles. The number of benzene rings is 1. The lowest BCUT2D eigenvalue weighted by Gasteiger charge is -2.15. The number of anilines is 1. The highest BCUT2D eigenvalue weighted by atomic mass is 16.1. The number of carbonyl (C=O) groups is 1. The number of hydrogen-bond acceptors (Lipinski definition) is 2. The van der Waals surface area contributed by atoms with Crippen LogP contribution in [0.4, 0.5) is 5.69 Å². The van der Waals surface area contributed by atoms with Crippen LogP contribution in [0, 0.1) is 40.5 Å². The van der Waals surface area contributed by atoms with Gasteiger partial charge in [0.1, 0.15) is 0 Å². The van der Waals surface area contributed by atoms with Crippen LogP contribution in [0.2, 0.25) is 0 Å². The fourth-order valence-electron chi connectivity index (χ4n) is 2.52. The van der Waals surface area contributed by atoms with Crippen LogP contribution in [0.25, 0.3) is 0 Å². The van der Waals surface area contributed by atoms with E-state index >= 15 is 0 Å². The Bertz CT molecular complexity index is 701. The summed E-state index contributed by atoms with van der Waals surface area (Å²) in [4.78, 5) is 12.4. The van der Waals surface area contributed by atoms with E-state index in [1.54, 1.807) is 0 Å². The Balaban J connectivity index is 2.07. The van der Waals surface area contributed by atoms with Crippen molar-refractivity contribution in [2.75, 3.05) is 5.32 Å². The summed E-state index contributed by atoms with van der Waals surface area (Å²) in [6.07, 6.45) is 0. The molecule has 2 rings (SSSR count). The van der Waals surface area contributed by atoms with Crippen LogP contribution in [0.1, 0.15) is 35.0 Å². The molecular formula is C18H25N3O. The van der Waals surface area contributed by atoms with Gasteiger partial charge in [0.2, 0.25) is 5.91 Å². The molecule has 0 radical (unpaired) electrons. The van der Waals surface area contributed by atoms with Crippen LogP contribution in [0.3, 0.4) is 0 Å². The third kappa shape index (κ3) is 3.38. The topological polar surface area (TPSA) is 46.9 Å². The minimum absolute atomic E-state index is 0.0251. The monoisotopic (exact) mass is 299 g/mol. The van der Waals surface area contributed by atoms with Gasteiger partial charge in [-0.15, -0.1) is 0 Å². The maximum atomic E-state index is 12.4. The number of nitrogens with one attached hydrogen (secondary N) is 1. The molecule has 0 bridgehead atoms. The molecule has 118 valence electrons. The van der Waals surface area contributed by atoms with Crippen molar-refractivity contribution in [3.8, 4) is 0 Å². The molecule has 0 aliphatic rings. The molecule has 1 aromatic carbocycles. The molecular weight excluding hydrogens is 274 g/mol. The van der Waals surface area contributed by atoms with Gasteiger partial charge >= 0.3 is 0 Å². The van der Waals surface area contributed by atoms with E-state index in [1.807, 2.05) is 51.4 Å². The summed E-state index contributed by atoms with van der Waals surface area (Å²) in [5.41, 5.74) is 6.52. The summed E-state index contributed by atoms with van der Waals surface area (Å²) in [5.74, 6) is -0.115. The lowest BCUT2D eigenvalue weighted by atomic mass is 10.1. The highest BCUT2D eigenvalue weighted by molar-refractivity contribution is 5.93. The maximum Gasteiger partial charge on any atom is 0.229 e. The lowest BCUT2D eigenvalue weighted by Crippen LogP contribution is -2.25. The van der Waals surface area contributed by atoms with Gasteiger partial charge < -0.3 is 5.32 Å². The number of carbonyl (C=O) groups excluding carboxylic acids is 1. The third-order valence-corrected chi connectivity index (χ3v) is 4.28. The normalized spacial score (nSPS) is 12.3. The van der Waals surface area contributed by atoms with Gasteiger partial charge in [-0.3, -0.25) is 9.48 Å². The molecule has 0 spiro atoms. The number of hydrogen-bond donors (Lipinski definition) is 1. The molecule has 1 N–H and O–H groups in total. The standard InChI is InChI=1S/C18H25N3O/c1-11-7-8-17(12(2)9-11)19-18(22)13(3)10-21-16(6)14(4)15(5)20-21/h7-9,13H,10H2,1-6H3,(H,19,22). The van der Waals surface area contributed by atoms with Gasteiger partial charge in [0.05, 0.1) is 18.2 Å². The molecule has 1 amide bonds. The number of aromatic nitrogens is 2. The number of nitrogens with zero attached hydrogens (tertiary/aromatic N) is 2. The van der Waals surface area contributed by atoms with Crippen molar-refractivity contribution in [3.05, 3.63) is 46.3 Å². The predicted octanol–water partition coefficient (Wildman–Crippen LogP) is 3.70. The Morgan fingerprint density at radius 2 is 1.91 bits per heavy atom. The molecule has 0 aliphatic carbocycles. The second kappa shape index (κ2) is 6.34. The molecule has 1 unspecified atom stereocenters. The lowest BCUT2D eigenvalue weighted by molar-refractivity contribution is -0.119. The van der Waals surface area contributed by atoms with E-state index < -0.39 is 0 Å². The van der Waals surface area contributed by atoms with Gasteiger partial charge in [-0.25, -0.2) is 0 Å². The van der Waals surface area contributed by atoms with Crippen molar-refractivity contribution in [1.82, 2.24) is 9.78 Å². The van der Waals surface area contributed by atoms with Crippen LogP contribution in [0.5, 0.6) is 0 Å². The molecule has 1 heterocycles. The van der Waals surface area contributed by atoms with E-state index in [9.17, 15) is 4.79 Å². The van der Waals surface area contributed by atoms with Gasteiger partial charge in [-0.05, 0) is 51.8 Å². The van der Waals surface area contributed by atoms with Crippen LogP contribution >= 0.6 is 0 Å². The first kappa shape index (κ1) is 16.3. The Morgan fingerprint density at radius 1 is 1.23 bits per heavy atom. The summed E-state index contributed by atoms with van der Waals surface area (Å²) in [7, 11) is 0. The Kier molecular flexibility index (Phi) is 4.69. The molecule has 0 saturated heterocycles. The zero-order valence-electron chi connectivity index (χ0n) is 14.3. The highest BCUT2D eigenvalue weighted by Crippen LogP contribution is 2.18. The first-order valence-electron chi connectivity index (χ1n) is 7.68. The van der Waals surface area contributed by atoms with E-state index in [-0.39, 0.29) is 11.8 Å². The Labute approximate surface area is 132 Å². The van der Waals surface area contributed by atoms with E-state index in [1.165, 1.54) is 11.1 Å². The van der Waals surface area contributed by atoms with E-state index in [0.29, 0.717) is 6.54 Å². The number of aryl methyl sites for hydroxylation is 3. The van der Waals surface area contributed by atoms with Gasteiger partial charge in [0.15, 0.2) is 0 Å². The SMILES string of the molecule is Cc1ccc(NC(=O)C(C)Cn2nc(C)c(C)c2C)c(C)c1. The Hall–Kier alpha value is -2.10. The van der Waals surface area contributed by atoms with Crippen LogP contribution in [-0.4, -0.2) is 15.7 Å². The van der Waals surface area contributed by atoms with Gasteiger partial charge in [0.25, 0.3) is 0 Å². The van der Waals surface area contributed by atoms with Crippen molar-refractivity contribution in [2.45, 2.75) is 48.1 Å². The summed E-state index contributed by atoms with van der Waals surface area (Å²) in [6.45, 7) is 12.7. The average molecular weight is 299 g/mol. The van der Waals surface area contributed by atoms with Crippen molar-refractivity contribution < 1.29 is 4.79 Å². The van der Waals surface area contributed by atoms with Crippen molar-refractivity contribution in [3.63, 3.8) is 0 Å². The average Bonchev–Trinajstić information content (AvgIpc) is 2.69. The van der Waals surface area contributed by atoms with Crippen molar-refractivity contribution in [2.24, 2.45) is 5.92 Å². The first-order valence-corrected chi connectivity index (χ1v) is 7.68. The fourth-order valence-corrected chi connectivity index (χ4v) is 2.52. The number of rotatable bonds is 4. The highest BCUT2D eigenvalue weighted by Gasteiger charge is 2.17. The molecule has 4 nitrogen and oxygen atoms in total. The second-order valence-corrected chi connectivity index (χ2v) is 6.19. The van der Waals surface area contributed by atoms with Gasteiger partial charge in [-0.1, -0.05) is 24.6 Å². The minimum Gasteiger partial charge on any atom is -0.326 e. The van der Waals surface area contributed by atoms with Gasteiger partial charge in [0, 0.05) is 11.4 Å². The predicted molar refractivity (Wildman–Crippen MR) is 90.1 cm³/mol. The van der Waals surface area contributed by atoms with Crippen molar-refractivity contribution >= 4 is 11.6 Å². The largest absolute Gasteiger partial charge is 0.326 e. The molecule has 1 aromatic heterocycles. The Morgan fingerprint density at radius 3 is 2.45 bits per heavy atom. The molecule has 0 aliphatic heterocycles. The molecule has 1 atom stereocenters. The first-order chi connectivity index (χ1) is 10.3. The van der Waals surface area contributed by atoms with Crippen molar-refractivity contribution in [1.29, 1.82) is 0 Å². The van der Waals surface area contributed by atoms with E-state index in [2.05, 4.69) is 23.4 Å². The zero-order chi connectivity index (χ0) is 16.4. The fraction of sp³-hybridized carbons (Fsp3) is 0.444. The molecule has 0 fully saturated rings.